The van der Waals surface area contributed by atoms with E-state index in [0.29, 0.717) is 16.5 Å². The largest absolute Gasteiger partial charge is 0.493 e. The lowest BCUT2D eigenvalue weighted by Crippen LogP contribution is -1.90. The maximum Gasteiger partial charge on any atom is 0.180 e. The first-order valence-electron chi connectivity index (χ1n) is 4.72. The van der Waals surface area contributed by atoms with Gasteiger partial charge in [-0.25, -0.2) is 0 Å². The number of hydrogen-bond acceptors (Lipinski definition) is 5. The molecule has 17 heavy (non-hydrogen) atoms. The number of oxime groups is 1. The van der Waals surface area contributed by atoms with Crippen molar-refractivity contribution in [1.82, 2.24) is 0 Å². The summed E-state index contributed by atoms with van der Waals surface area (Å²) in [5, 5.41) is 12.9. The summed E-state index contributed by atoms with van der Waals surface area (Å²) in [6.07, 6.45) is 1.36. The number of nitrogens with zero attached hydrogens (tertiary/aromatic N) is 1. The Labute approximate surface area is 107 Å². The van der Waals surface area contributed by atoms with E-state index >= 15 is 0 Å². The number of halogens is 1. The summed E-state index contributed by atoms with van der Waals surface area (Å²) >= 11 is 7.69. The summed E-state index contributed by atoms with van der Waals surface area (Å²) in [5.74, 6) is 1.09. The minimum absolute atomic E-state index is 0.496. The van der Waals surface area contributed by atoms with E-state index in [1.807, 2.05) is 12.1 Å². The summed E-state index contributed by atoms with van der Waals surface area (Å²) in [6.45, 7) is 0. The van der Waals surface area contributed by atoms with Gasteiger partial charge in [-0.2, -0.15) is 0 Å². The van der Waals surface area contributed by atoms with Gasteiger partial charge in [0.25, 0.3) is 0 Å². The SMILES string of the molecule is COc1cc2sc(C=NO)cc2c(Cl)c1OC. The number of hydrogen-bond donors (Lipinski definition) is 1. The molecule has 1 heterocycles. The van der Waals surface area contributed by atoms with Gasteiger partial charge in [0, 0.05) is 21.0 Å². The van der Waals surface area contributed by atoms with Crippen LogP contribution in [-0.2, 0) is 0 Å². The Morgan fingerprint density at radius 2 is 2.12 bits per heavy atom. The number of methoxy groups -OCH3 is 2. The van der Waals surface area contributed by atoms with Crippen LogP contribution in [0.5, 0.6) is 11.5 Å². The number of fused-ring (bicyclic) bond motifs is 1. The molecular formula is C11H10ClNO3S. The molecule has 4 nitrogen and oxygen atoms in total. The maximum atomic E-state index is 8.51. The molecule has 2 rings (SSSR count). The van der Waals surface area contributed by atoms with Crippen LogP contribution in [0.4, 0.5) is 0 Å². The van der Waals surface area contributed by atoms with Crippen molar-refractivity contribution < 1.29 is 14.7 Å². The van der Waals surface area contributed by atoms with Crippen molar-refractivity contribution in [2.24, 2.45) is 5.16 Å². The second kappa shape index (κ2) is 4.81. The van der Waals surface area contributed by atoms with Gasteiger partial charge in [0.2, 0.25) is 0 Å². The molecule has 2 aromatic rings. The van der Waals surface area contributed by atoms with Crippen LogP contribution in [0.1, 0.15) is 4.88 Å². The first kappa shape index (κ1) is 12.0. The smallest absolute Gasteiger partial charge is 0.180 e. The van der Waals surface area contributed by atoms with Gasteiger partial charge >= 0.3 is 0 Å². The molecule has 0 aliphatic rings. The van der Waals surface area contributed by atoms with Crippen molar-refractivity contribution in [2.45, 2.75) is 0 Å². The van der Waals surface area contributed by atoms with Gasteiger partial charge in [-0.1, -0.05) is 16.8 Å². The quantitative estimate of drug-likeness (QED) is 0.529. The summed E-state index contributed by atoms with van der Waals surface area (Å²) in [5.41, 5.74) is 0. The second-order valence-electron chi connectivity index (χ2n) is 3.23. The van der Waals surface area contributed by atoms with Crippen molar-refractivity contribution in [2.75, 3.05) is 14.2 Å². The normalized spacial score (nSPS) is 11.2. The molecule has 6 heteroatoms. The summed E-state index contributed by atoms with van der Waals surface area (Å²) in [7, 11) is 3.10. The molecule has 1 aromatic heterocycles. The Morgan fingerprint density at radius 3 is 2.71 bits per heavy atom. The van der Waals surface area contributed by atoms with Crippen LogP contribution in [0.25, 0.3) is 10.1 Å². The van der Waals surface area contributed by atoms with E-state index in [-0.39, 0.29) is 0 Å². The third-order valence-corrected chi connectivity index (χ3v) is 3.70. The van der Waals surface area contributed by atoms with E-state index in [9.17, 15) is 0 Å². The fraction of sp³-hybridized carbons (Fsp3) is 0.182. The Balaban J connectivity index is 2.72. The van der Waals surface area contributed by atoms with Crippen LogP contribution < -0.4 is 9.47 Å². The number of rotatable bonds is 3. The number of ether oxygens (including phenoxy) is 2. The highest BCUT2D eigenvalue weighted by atomic mass is 35.5. The molecule has 0 atom stereocenters. The Kier molecular flexibility index (Phi) is 3.40. The maximum absolute atomic E-state index is 8.51. The molecule has 0 fully saturated rings. The van der Waals surface area contributed by atoms with Gasteiger partial charge in [-0.15, -0.1) is 11.3 Å². The monoisotopic (exact) mass is 271 g/mol. The van der Waals surface area contributed by atoms with Crippen LogP contribution in [0.3, 0.4) is 0 Å². The zero-order valence-electron chi connectivity index (χ0n) is 9.23. The van der Waals surface area contributed by atoms with Crippen LogP contribution in [0.15, 0.2) is 17.3 Å². The van der Waals surface area contributed by atoms with Gasteiger partial charge in [0.05, 0.1) is 25.5 Å². The predicted octanol–water partition coefficient (Wildman–Crippen LogP) is 3.38. The molecule has 0 saturated carbocycles. The zero-order chi connectivity index (χ0) is 12.4. The molecule has 0 aliphatic carbocycles. The highest BCUT2D eigenvalue weighted by molar-refractivity contribution is 7.20. The van der Waals surface area contributed by atoms with Gasteiger partial charge < -0.3 is 14.7 Å². The van der Waals surface area contributed by atoms with Gasteiger partial charge in [-0.05, 0) is 6.07 Å². The van der Waals surface area contributed by atoms with E-state index in [2.05, 4.69) is 5.16 Å². The zero-order valence-corrected chi connectivity index (χ0v) is 10.8. The Hall–Kier alpha value is -1.46. The van der Waals surface area contributed by atoms with Crippen molar-refractivity contribution >= 4 is 39.2 Å². The van der Waals surface area contributed by atoms with Crippen molar-refractivity contribution in [3.8, 4) is 11.5 Å². The van der Waals surface area contributed by atoms with E-state index in [4.69, 9.17) is 26.3 Å². The molecule has 0 radical (unpaired) electrons. The average molecular weight is 272 g/mol. The highest BCUT2D eigenvalue weighted by Crippen LogP contribution is 2.43. The van der Waals surface area contributed by atoms with E-state index in [1.54, 1.807) is 7.11 Å². The Bertz CT molecular complexity index is 580. The Morgan fingerprint density at radius 1 is 1.35 bits per heavy atom. The van der Waals surface area contributed by atoms with Crippen molar-refractivity contribution in [3.05, 3.63) is 22.0 Å². The lowest BCUT2D eigenvalue weighted by Gasteiger charge is -2.09. The van der Waals surface area contributed by atoms with Crippen LogP contribution in [0.2, 0.25) is 5.02 Å². The molecule has 0 aliphatic heterocycles. The van der Waals surface area contributed by atoms with Crippen LogP contribution >= 0.6 is 22.9 Å². The van der Waals surface area contributed by atoms with Crippen LogP contribution in [-0.4, -0.2) is 25.6 Å². The van der Waals surface area contributed by atoms with Gasteiger partial charge in [-0.3, -0.25) is 0 Å². The highest BCUT2D eigenvalue weighted by Gasteiger charge is 2.15. The minimum Gasteiger partial charge on any atom is -0.493 e. The average Bonchev–Trinajstić information content (AvgIpc) is 2.72. The fourth-order valence-electron chi connectivity index (χ4n) is 1.58. The number of thiophene rings is 1. The summed E-state index contributed by atoms with van der Waals surface area (Å²) in [4.78, 5) is 0.805. The summed E-state index contributed by atoms with van der Waals surface area (Å²) in [6, 6.07) is 3.68. The third kappa shape index (κ3) is 2.03. The first-order valence-corrected chi connectivity index (χ1v) is 5.92. The molecule has 1 N–H and O–H groups in total. The van der Waals surface area contributed by atoms with E-state index < -0.39 is 0 Å². The first-order chi connectivity index (χ1) is 8.21. The van der Waals surface area contributed by atoms with Crippen LogP contribution in [0, 0.1) is 0 Å². The van der Waals surface area contributed by atoms with Crippen molar-refractivity contribution in [3.63, 3.8) is 0 Å². The lowest BCUT2D eigenvalue weighted by atomic mass is 10.2. The second-order valence-corrected chi connectivity index (χ2v) is 4.72. The molecule has 0 saturated heterocycles. The molecule has 90 valence electrons. The van der Waals surface area contributed by atoms with Gasteiger partial charge in [0.1, 0.15) is 0 Å². The number of benzene rings is 1. The molecule has 1 aromatic carbocycles. The van der Waals surface area contributed by atoms with E-state index in [1.165, 1.54) is 24.7 Å². The third-order valence-electron chi connectivity index (χ3n) is 2.31. The van der Waals surface area contributed by atoms with Crippen molar-refractivity contribution in [1.29, 1.82) is 0 Å². The predicted molar refractivity (Wildman–Crippen MR) is 69.3 cm³/mol. The summed E-state index contributed by atoms with van der Waals surface area (Å²) < 4.78 is 11.4. The molecule has 0 amide bonds. The van der Waals surface area contributed by atoms with E-state index in [0.717, 1.165) is 15.0 Å². The molecular weight excluding hydrogens is 262 g/mol. The topological polar surface area (TPSA) is 51.0 Å². The standard InChI is InChI=1S/C11H10ClNO3S/c1-15-8-4-9-7(10(12)11(8)16-2)3-6(17-9)5-13-14/h3-5,14H,1-2H3. The lowest BCUT2D eigenvalue weighted by molar-refractivity contribution is 0.322. The minimum atomic E-state index is 0.496. The molecule has 0 spiro atoms. The fourth-order valence-corrected chi connectivity index (χ4v) is 2.93. The van der Waals surface area contributed by atoms with Gasteiger partial charge in [0.15, 0.2) is 11.5 Å². The molecule has 0 bridgehead atoms. The molecule has 0 unspecified atom stereocenters.